The van der Waals surface area contributed by atoms with Crippen molar-refractivity contribution in [3.05, 3.63) is 28.3 Å². The molecule has 10 heteroatoms. The van der Waals surface area contributed by atoms with Crippen molar-refractivity contribution in [1.82, 2.24) is 4.90 Å². The van der Waals surface area contributed by atoms with Crippen LogP contribution in [0.1, 0.15) is 19.8 Å². The van der Waals surface area contributed by atoms with Gasteiger partial charge in [-0.05, 0) is 25.8 Å². The third kappa shape index (κ3) is 3.55. The zero-order chi connectivity index (χ0) is 19.7. The van der Waals surface area contributed by atoms with E-state index >= 15 is 0 Å². The molecule has 2 aliphatic heterocycles. The molecule has 1 aromatic rings. The molecule has 0 aliphatic carbocycles. The number of nitrogens with zero attached hydrogens (tertiary/aromatic N) is 3. The summed E-state index contributed by atoms with van der Waals surface area (Å²) in [6, 6.07) is 3.35. The Balaban J connectivity index is 1.84. The molecule has 0 radical (unpaired) electrons. The van der Waals surface area contributed by atoms with Gasteiger partial charge in [-0.25, -0.2) is 0 Å². The van der Waals surface area contributed by atoms with Crippen molar-refractivity contribution in [2.24, 2.45) is 5.92 Å². The quantitative estimate of drug-likeness (QED) is 0.612. The van der Waals surface area contributed by atoms with Crippen LogP contribution in [0.25, 0.3) is 0 Å². The number of carbonyl (C=O) groups excluding carboxylic acids is 2. The van der Waals surface area contributed by atoms with E-state index in [2.05, 4.69) is 0 Å². The topological polar surface area (TPSA) is 130 Å². The summed E-state index contributed by atoms with van der Waals surface area (Å²) in [6.07, 6.45) is 1.05. The van der Waals surface area contributed by atoms with Crippen LogP contribution in [0.2, 0.25) is 0 Å². The summed E-state index contributed by atoms with van der Waals surface area (Å²) in [7, 11) is 0. The number of hydrogen-bond donors (Lipinski definition) is 1. The molecule has 1 saturated heterocycles. The SMILES string of the molecule is C[C@@H]1[C@H](C(=O)O)CCCN1C(=O)CN1C(=O)COc2ccc([N+](=O)[O-])cc21. The van der Waals surface area contributed by atoms with E-state index in [1.54, 1.807) is 6.92 Å². The summed E-state index contributed by atoms with van der Waals surface area (Å²) >= 11 is 0. The summed E-state index contributed by atoms with van der Waals surface area (Å²) in [4.78, 5) is 49.5. The van der Waals surface area contributed by atoms with Crippen LogP contribution in [-0.4, -0.2) is 58.5 Å². The Morgan fingerprint density at radius 3 is 2.81 bits per heavy atom. The molecule has 2 aliphatic rings. The number of carboxylic acid groups (broad SMARTS) is 1. The van der Waals surface area contributed by atoms with Gasteiger partial charge in [-0.3, -0.25) is 29.4 Å². The van der Waals surface area contributed by atoms with Crippen molar-refractivity contribution >= 4 is 29.2 Å². The maximum atomic E-state index is 12.8. The number of amides is 2. The fraction of sp³-hybridized carbons (Fsp3) is 0.471. The van der Waals surface area contributed by atoms with Gasteiger partial charge in [-0.15, -0.1) is 0 Å². The van der Waals surface area contributed by atoms with E-state index < -0.39 is 34.7 Å². The zero-order valence-electron chi connectivity index (χ0n) is 14.7. The van der Waals surface area contributed by atoms with Gasteiger partial charge in [0.05, 0.1) is 16.5 Å². The largest absolute Gasteiger partial charge is 0.482 e. The second-order valence-electron chi connectivity index (χ2n) is 6.59. The molecular weight excluding hydrogens is 358 g/mol. The van der Waals surface area contributed by atoms with Crippen LogP contribution in [-0.2, 0) is 14.4 Å². The van der Waals surface area contributed by atoms with E-state index in [-0.39, 0.29) is 30.3 Å². The van der Waals surface area contributed by atoms with E-state index in [0.29, 0.717) is 19.4 Å². The number of nitro groups is 1. The Labute approximate surface area is 154 Å². The first-order valence-corrected chi connectivity index (χ1v) is 8.53. The smallest absolute Gasteiger partial charge is 0.308 e. The van der Waals surface area contributed by atoms with E-state index in [4.69, 9.17) is 4.74 Å². The van der Waals surface area contributed by atoms with Crippen LogP contribution in [0.3, 0.4) is 0 Å². The molecule has 1 N–H and O–H groups in total. The fourth-order valence-electron chi connectivity index (χ4n) is 3.53. The lowest BCUT2D eigenvalue weighted by atomic mass is 9.90. The summed E-state index contributed by atoms with van der Waals surface area (Å²) in [5.74, 6) is -2.22. The number of likely N-dealkylation sites (tertiary alicyclic amines) is 1. The Morgan fingerprint density at radius 2 is 2.15 bits per heavy atom. The van der Waals surface area contributed by atoms with Crippen molar-refractivity contribution in [2.75, 3.05) is 24.6 Å². The first kappa shape index (κ1) is 18.6. The average molecular weight is 377 g/mol. The number of piperidine rings is 1. The van der Waals surface area contributed by atoms with Gasteiger partial charge in [-0.2, -0.15) is 0 Å². The normalized spacial score (nSPS) is 22.0. The number of rotatable bonds is 4. The first-order chi connectivity index (χ1) is 12.8. The Kier molecular flexibility index (Phi) is 4.98. The molecule has 0 saturated carbocycles. The van der Waals surface area contributed by atoms with Gasteiger partial charge in [0.2, 0.25) is 5.91 Å². The highest BCUT2D eigenvalue weighted by atomic mass is 16.6. The lowest BCUT2D eigenvalue weighted by molar-refractivity contribution is -0.384. The molecule has 2 amide bonds. The van der Waals surface area contributed by atoms with Crippen molar-refractivity contribution in [3.8, 4) is 5.75 Å². The van der Waals surface area contributed by atoms with Gasteiger partial charge in [0.25, 0.3) is 11.6 Å². The van der Waals surface area contributed by atoms with Gasteiger partial charge >= 0.3 is 5.97 Å². The highest BCUT2D eigenvalue weighted by Gasteiger charge is 2.37. The summed E-state index contributed by atoms with van der Waals surface area (Å²) in [6.45, 7) is 1.48. The lowest BCUT2D eigenvalue weighted by Gasteiger charge is -2.39. The maximum absolute atomic E-state index is 12.8. The Hall–Kier alpha value is -3.17. The highest BCUT2D eigenvalue weighted by molar-refractivity contribution is 6.02. The maximum Gasteiger partial charge on any atom is 0.308 e. The molecule has 1 aromatic carbocycles. The predicted octanol–water partition coefficient (Wildman–Crippen LogP) is 1.03. The minimum absolute atomic E-state index is 0.160. The number of ether oxygens (including phenoxy) is 1. The Morgan fingerprint density at radius 1 is 1.41 bits per heavy atom. The van der Waals surface area contributed by atoms with Gasteiger partial charge < -0.3 is 14.7 Å². The van der Waals surface area contributed by atoms with Crippen LogP contribution in [0, 0.1) is 16.0 Å². The molecule has 2 heterocycles. The number of anilines is 1. The molecule has 144 valence electrons. The standard InChI is InChI=1S/C17H19N3O7/c1-10-12(17(23)24)3-2-6-18(10)15(21)8-19-13-7-11(20(25)26)4-5-14(13)27-9-16(19)22/h4-5,7,10,12H,2-3,6,8-9H2,1H3,(H,23,24)/t10-,12-/m1/s1. The molecule has 3 rings (SSSR count). The number of fused-ring (bicyclic) bond motifs is 1. The van der Waals surface area contributed by atoms with E-state index in [1.165, 1.54) is 23.1 Å². The first-order valence-electron chi connectivity index (χ1n) is 8.53. The molecule has 0 bridgehead atoms. The van der Waals surface area contributed by atoms with Crippen LogP contribution >= 0.6 is 0 Å². The van der Waals surface area contributed by atoms with Crippen LogP contribution in [0.4, 0.5) is 11.4 Å². The van der Waals surface area contributed by atoms with Gasteiger partial charge in [0.1, 0.15) is 12.3 Å². The molecule has 27 heavy (non-hydrogen) atoms. The highest BCUT2D eigenvalue weighted by Crippen LogP contribution is 2.35. The number of aliphatic carboxylic acids is 1. The summed E-state index contributed by atoms with van der Waals surface area (Å²) < 4.78 is 5.28. The van der Waals surface area contributed by atoms with E-state index in [1.807, 2.05) is 0 Å². The minimum atomic E-state index is -0.955. The van der Waals surface area contributed by atoms with E-state index in [9.17, 15) is 29.6 Å². The predicted molar refractivity (Wildman–Crippen MR) is 92.5 cm³/mol. The molecular formula is C17H19N3O7. The van der Waals surface area contributed by atoms with Crippen LogP contribution < -0.4 is 9.64 Å². The molecule has 10 nitrogen and oxygen atoms in total. The van der Waals surface area contributed by atoms with Gasteiger partial charge in [-0.1, -0.05) is 0 Å². The van der Waals surface area contributed by atoms with Crippen molar-refractivity contribution in [2.45, 2.75) is 25.8 Å². The Bertz CT molecular complexity index is 810. The molecule has 2 atom stereocenters. The third-order valence-corrected chi connectivity index (χ3v) is 5.02. The molecule has 0 unspecified atom stereocenters. The number of nitro benzene ring substituents is 1. The second-order valence-corrected chi connectivity index (χ2v) is 6.59. The van der Waals surface area contributed by atoms with Crippen molar-refractivity contribution in [3.63, 3.8) is 0 Å². The van der Waals surface area contributed by atoms with Gasteiger partial charge in [0.15, 0.2) is 6.61 Å². The minimum Gasteiger partial charge on any atom is -0.482 e. The number of hydrogen-bond acceptors (Lipinski definition) is 6. The fourth-order valence-corrected chi connectivity index (χ4v) is 3.53. The van der Waals surface area contributed by atoms with E-state index in [0.717, 1.165) is 4.90 Å². The zero-order valence-corrected chi connectivity index (χ0v) is 14.7. The number of carbonyl (C=O) groups is 3. The summed E-state index contributed by atoms with van der Waals surface area (Å²) in [5.41, 5.74) is -0.0602. The number of benzene rings is 1. The number of carboxylic acids is 1. The lowest BCUT2D eigenvalue weighted by Crippen LogP contribution is -2.53. The van der Waals surface area contributed by atoms with Gasteiger partial charge in [0, 0.05) is 24.7 Å². The molecule has 1 fully saturated rings. The molecule has 0 aromatic heterocycles. The third-order valence-electron chi connectivity index (χ3n) is 5.02. The van der Waals surface area contributed by atoms with Crippen LogP contribution in [0.5, 0.6) is 5.75 Å². The average Bonchev–Trinajstić information content (AvgIpc) is 2.63. The second kappa shape index (κ2) is 7.22. The van der Waals surface area contributed by atoms with Crippen LogP contribution in [0.15, 0.2) is 18.2 Å². The van der Waals surface area contributed by atoms with Crippen molar-refractivity contribution < 1.29 is 29.2 Å². The van der Waals surface area contributed by atoms with Crippen molar-refractivity contribution in [1.29, 1.82) is 0 Å². The summed E-state index contributed by atoms with van der Waals surface area (Å²) in [5, 5.41) is 20.3. The molecule has 0 spiro atoms. The number of non-ortho nitro benzene ring substituents is 1. The monoisotopic (exact) mass is 377 g/mol.